The molecule has 1 fully saturated rings. The van der Waals surface area contributed by atoms with E-state index < -0.39 is 57.8 Å². The van der Waals surface area contributed by atoms with E-state index in [9.17, 15) is 22.8 Å². The number of rotatable bonds is 5. The third-order valence-corrected chi connectivity index (χ3v) is 6.08. The Morgan fingerprint density at radius 1 is 1.32 bits per heavy atom. The van der Waals surface area contributed by atoms with E-state index >= 15 is 0 Å². The second-order valence-corrected chi connectivity index (χ2v) is 8.47. The van der Waals surface area contributed by atoms with E-state index in [0.717, 1.165) is 10.6 Å². The van der Waals surface area contributed by atoms with E-state index in [1.807, 2.05) is 0 Å². The number of hydrogen-bond donors (Lipinski definition) is 3. The van der Waals surface area contributed by atoms with Crippen LogP contribution in [0.25, 0.3) is 0 Å². The van der Waals surface area contributed by atoms with Crippen LogP contribution in [0.5, 0.6) is 0 Å². The Morgan fingerprint density at radius 2 is 1.84 bits per heavy atom. The van der Waals surface area contributed by atoms with Crippen LogP contribution in [0.1, 0.15) is 27.7 Å². The van der Waals surface area contributed by atoms with Crippen molar-refractivity contribution in [3.05, 3.63) is 0 Å². The van der Waals surface area contributed by atoms with E-state index in [1.165, 1.54) is 32.7 Å². The van der Waals surface area contributed by atoms with Crippen LogP contribution >= 0.6 is 0 Å². The molecule has 5 unspecified atom stereocenters. The fraction of sp³-hybridized carbons (Fsp3) is 0.786. The van der Waals surface area contributed by atoms with Crippen LogP contribution in [0.15, 0.2) is 0 Å². The lowest BCUT2D eigenvalue weighted by Crippen LogP contribution is -2.69. The summed E-state index contributed by atoms with van der Waals surface area (Å²) >= 11 is 0. The average molecular weight is 378 g/mol. The minimum absolute atomic E-state index is 0.400. The van der Waals surface area contributed by atoms with Gasteiger partial charge in [-0.15, -0.1) is 0 Å². The molecule has 3 amide bonds. The van der Waals surface area contributed by atoms with Gasteiger partial charge in [-0.3, -0.25) is 19.6 Å². The predicted molar refractivity (Wildman–Crippen MR) is 88.9 cm³/mol. The van der Waals surface area contributed by atoms with Gasteiger partial charge in [0.1, 0.15) is 12.1 Å². The lowest BCUT2D eigenvalue weighted by molar-refractivity contribution is -0.155. The van der Waals surface area contributed by atoms with E-state index in [0.29, 0.717) is 0 Å². The molecular formula is C14H26N4O6S. The summed E-state index contributed by atoms with van der Waals surface area (Å²) in [6.07, 6.45) is 0.977. The van der Waals surface area contributed by atoms with Gasteiger partial charge in [0, 0.05) is 13.1 Å². The third-order valence-electron chi connectivity index (χ3n) is 4.72. The van der Waals surface area contributed by atoms with Crippen molar-refractivity contribution in [2.24, 2.45) is 5.92 Å². The number of amides is 3. The fourth-order valence-electron chi connectivity index (χ4n) is 2.98. The number of likely N-dealkylation sites (N-methyl/N-ethyl adjacent to an activating group) is 1. The molecule has 1 aliphatic heterocycles. The number of piperazine rings is 1. The summed E-state index contributed by atoms with van der Waals surface area (Å²) < 4.78 is 24.3. The van der Waals surface area contributed by atoms with Crippen molar-refractivity contribution in [3.8, 4) is 0 Å². The molecule has 0 aromatic rings. The number of nitrogens with one attached hydrogen (secondary N) is 2. The monoisotopic (exact) mass is 378 g/mol. The second kappa shape index (κ2) is 7.67. The highest BCUT2D eigenvalue weighted by molar-refractivity contribution is 7.88. The van der Waals surface area contributed by atoms with E-state index in [1.54, 1.807) is 12.4 Å². The molecule has 0 aromatic carbocycles. The number of carbonyl (C=O) groups excluding carboxylic acids is 3. The Balaban J connectivity index is 3.29. The van der Waals surface area contributed by atoms with Crippen LogP contribution in [0, 0.1) is 5.92 Å². The van der Waals surface area contributed by atoms with Crippen molar-refractivity contribution in [1.29, 1.82) is 0 Å². The van der Waals surface area contributed by atoms with E-state index in [4.69, 9.17) is 5.21 Å². The molecule has 0 aliphatic carbocycles. The minimum atomic E-state index is -3.62. The van der Waals surface area contributed by atoms with Crippen LogP contribution in [0.3, 0.4) is 0 Å². The molecule has 0 saturated carbocycles. The molecule has 0 bridgehead atoms. The minimum Gasteiger partial charge on any atom is -0.350 e. The summed E-state index contributed by atoms with van der Waals surface area (Å²) in [5.41, 5.74) is 1.55. The molecule has 11 heteroatoms. The van der Waals surface area contributed by atoms with Crippen molar-refractivity contribution in [1.82, 2.24) is 20.0 Å². The Morgan fingerprint density at radius 3 is 2.28 bits per heavy atom. The molecule has 3 N–H and O–H groups in total. The number of sulfonamides is 1. The molecule has 1 rings (SSSR count). The Hall–Kier alpha value is -1.72. The lowest BCUT2D eigenvalue weighted by Gasteiger charge is -2.47. The summed E-state index contributed by atoms with van der Waals surface area (Å²) in [5.74, 6) is -2.53. The van der Waals surface area contributed by atoms with Gasteiger partial charge in [0.25, 0.3) is 0 Å². The number of nitrogens with zero attached hydrogens (tertiary/aromatic N) is 2. The van der Waals surface area contributed by atoms with E-state index in [2.05, 4.69) is 5.32 Å². The van der Waals surface area contributed by atoms with Crippen molar-refractivity contribution >= 4 is 27.7 Å². The quantitative estimate of drug-likeness (QED) is 0.394. The second-order valence-electron chi connectivity index (χ2n) is 6.43. The molecule has 1 saturated heterocycles. The Kier molecular flexibility index (Phi) is 6.54. The van der Waals surface area contributed by atoms with Crippen molar-refractivity contribution < 1.29 is 28.0 Å². The number of hydrogen-bond acceptors (Lipinski definition) is 6. The smallest absolute Gasteiger partial charge is 0.248 e. The molecule has 1 heterocycles. The lowest BCUT2D eigenvalue weighted by atomic mass is 9.89. The highest BCUT2D eigenvalue weighted by Crippen LogP contribution is 2.25. The normalized spacial score (nSPS) is 26.8. The van der Waals surface area contributed by atoms with Gasteiger partial charge in [-0.05, 0) is 20.8 Å². The predicted octanol–water partition coefficient (Wildman–Crippen LogP) is -1.49. The maximum absolute atomic E-state index is 13.0. The van der Waals surface area contributed by atoms with Gasteiger partial charge in [0.15, 0.2) is 0 Å². The van der Waals surface area contributed by atoms with Gasteiger partial charge in [-0.2, -0.15) is 4.31 Å². The van der Waals surface area contributed by atoms with Gasteiger partial charge in [-0.1, -0.05) is 6.92 Å². The molecule has 25 heavy (non-hydrogen) atoms. The first-order chi connectivity index (χ1) is 11.3. The molecule has 10 nitrogen and oxygen atoms in total. The summed E-state index contributed by atoms with van der Waals surface area (Å²) in [4.78, 5) is 38.2. The summed E-state index contributed by atoms with van der Waals surface area (Å²) in [7, 11) is -2.35. The zero-order valence-corrected chi connectivity index (χ0v) is 16.0. The van der Waals surface area contributed by atoms with Crippen LogP contribution in [-0.2, 0) is 24.4 Å². The first-order valence-electron chi connectivity index (χ1n) is 7.84. The molecule has 0 aromatic heterocycles. The zero-order chi connectivity index (χ0) is 19.7. The van der Waals surface area contributed by atoms with Gasteiger partial charge in [0.2, 0.25) is 27.7 Å². The standard InChI is InChI=1S/C14H26N4O6S/c1-7(12(19)16-22)11-8(2)15-13(20)9(3)18(11)14(21)10(4)17(5)25(6,23)24/h7-11,22H,1-6H3,(H,15,20)(H,16,19). The molecule has 0 radical (unpaired) electrons. The van der Waals surface area contributed by atoms with Gasteiger partial charge >= 0.3 is 0 Å². The van der Waals surface area contributed by atoms with Crippen LogP contribution in [0.2, 0.25) is 0 Å². The average Bonchev–Trinajstić information content (AvgIpc) is 2.53. The molecule has 144 valence electrons. The largest absolute Gasteiger partial charge is 0.350 e. The fourth-order valence-corrected chi connectivity index (χ4v) is 3.65. The maximum Gasteiger partial charge on any atom is 0.248 e. The van der Waals surface area contributed by atoms with Gasteiger partial charge in [-0.25, -0.2) is 13.9 Å². The van der Waals surface area contributed by atoms with Crippen molar-refractivity contribution in [2.75, 3.05) is 13.3 Å². The first kappa shape index (κ1) is 21.3. The topological polar surface area (TPSA) is 136 Å². The SMILES string of the molecule is CC1NC(=O)C(C)N(C(=O)C(C)N(C)S(C)(=O)=O)C1C(C)C(=O)NO. The zero-order valence-electron chi connectivity index (χ0n) is 15.2. The highest BCUT2D eigenvalue weighted by atomic mass is 32.2. The van der Waals surface area contributed by atoms with Crippen molar-refractivity contribution in [2.45, 2.75) is 51.9 Å². The van der Waals surface area contributed by atoms with Crippen LogP contribution in [0.4, 0.5) is 0 Å². The molecule has 0 spiro atoms. The Labute approximate surface area is 147 Å². The summed E-state index contributed by atoms with van der Waals surface area (Å²) in [6.45, 7) is 6.08. The van der Waals surface area contributed by atoms with E-state index in [-0.39, 0.29) is 0 Å². The Bertz CT molecular complexity index is 652. The van der Waals surface area contributed by atoms with Crippen molar-refractivity contribution in [3.63, 3.8) is 0 Å². The summed E-state index contributed by atoms with van der Waals surface area (Å²) in [5, 5.41) is 11.6. The highest BCUT2D eigenvalue weighted by Gasteiger charge is 2.46. The van der Waals surface area contributed by atoms with Gasteiger partial charge in [0.05, 0.1) is 18.2 Å². The summed E-state index contributed by atoms with van der Waals surface area (Å²) in [6, 6.07) is -3.25. The number of carbonyl (C=O) groups is 3. The molecule has 5 atom stereocenters. The van der Waals surface area contributed by atoms with Gasteiger partial charge < -0.3 is 10.2 Å². The first-order valence-corrected chi connectivity index (χ1v) is 9.68. The number of hydroxylamine groups is 1. The molecular weight excluding hydrogens is 352 g/mol. The van der Waals surface area contributed by atoms with Crippen LogP contribution < -0.4 is 10.8 Å². The van der Waals surface area contributed by atoms with Crippen LogP contribution in [-0.4, -0.2) is 78.0 Å². The maximum atomic E-state index is 13.0. The molecule has 1 aliphatic rings. The third kappa shape index (κ3) is 4.28.